The molecule has 7 heteroatoms. The minimum atomic E-state index is -1.20. The Bertz CT molecular complexity index is 647. The van der Waals surface area contributed by atoms with E-state index in [1.165, 1.54) is 26.6 Å². The average molecular weight is 305 g/mol. The molecule has 0 saturated carbocycles. The molecule has 0 spiro atoms. The molecule has 3 N–H and O–H groups in total. The predicted octanol–water partition coefficient (Wildman–Crippen LogP) is 1.33. The second-order valence-corrected chi connectivity index (χ2v) is 4.52. The van der Waals surface area contributed by atoms with Gasteiger partial charge in [-0.25, -0.2) is 9.59 Å². The molecule has 0 radical (unpaired) electrons. The normalized spacial score (nSPS) is 14.5. The van der Waals surface area contributed by atoms with E-state index < -0.39 is 17.9 Å². The largest absolute Gasteiger partial charge is 0.493 e. The van der Waals surface area contributed by atoms with Crippen LogP contribution >= 0.6 is 0 Å². The number of carboxylic acids is 2. The van der Waals surface area contributed by atoms with Crippen molar-refractivity contribution in [3.05, 3.63) is 47.3 Å². The second-order valence-electron chi connectivity index (χ2n) is 4.52. The van der Waals surface area contributed by atoms with Crippen LogP contribution in [0.5, 0.6) is 11.5 Å². The van der Waals surface area contributed by atoms with E-state index in [-0.39, 0.29) is 11.1 Å². The molecule has 0 amide bonds. The molecule has 1 aliphatic rings. The summed E-state index contributed by atoms with van der Waals surface area (Å²) in [5.41, 5.74) is 0.362. The van der Waals surface area contributed by atoms with Crippen LogP contribution in [0.3, 0.4) is 0 Å². The average Bonchev–Trinajstić information content (AvgIpc) is 2.53. The molecule has 0 unspecified atom stereocenters. The fourth-order valence-electron chi connectivity index (χ4n) is 2.32. The first-order chi connectivity index (χ1) is 10.5. The summed E-state index contributed by atoms with van der Waals surface area (Å²) in [5.74, 6) is -2.43. The SMILES string of the molecule is COc1ccc(C2C(C(=O)O)=CNC=C2C(=O)O)cc1OC. The van der Waals surface area contributed by atoms with Gasteiger partial charge >= 0.3 is 11.9 Å². The van der Waals surface area contributed by atoms with Crippen molar-refractivity contribution in [1.29, 1.82) is 0 Å². The van der Waals surface area contributed by atoms with Crippen LogP contribution in [0, 0.1) is 0 Å². The number of methoxy groups -OCH3 is 2. The first kappa shape index (κ1) is 15.4. The summed E-state index contributed by atoms with van der Waals surface area (Å²) >= 11 is 0. The van der Waals surface area contributed by atoms with Crippen LogP contribution < -0.4 is 14.8 Å². The number of dihydropyridines is 1. The first-order valence-corrected chi connectivity index (χ1v) is 6.34. The van der Waals surface area contributed by atoms with Crippen molar-refractivity contribution in [2.75, 3.05) is 14.2 Å². The number of nitrogens with one attached hydrogen (secondary N) is 1. The molecule has 1 aliphatic heterocycles. The van der Waals surface area contributed by atoms with E-state index in [2.05, 4.69) is 5.32 Å². The highest BCUT2D eigenvalue weighted by Gasteiger charge is 2.32. The van der Waals surface area contributed by atoms with Gasteiger partial charge in [-0.05, 0) is 17.7 Å². The number of benzene rings is 1. The van der Waals surface area contributed by atoms with Crippen LogP contribution in [0.4, 0.5) is 0 Å². The minimum Gasteiger partial charge on any atom is -0.493 e. The van der Waals surface area contributed by atoms with Gasteiger partial charge in [-0.3, -0.25) is 0 Å². The van der Waals surface area contributed by atoms with Crippen molar-refractivity contribution >= 4 is 11.9 Å². The Kier molecular flexibility index (Phi) is 4.36. The van der Waals surface area contributed by atoms with Gasteiger partial charge in [0, 0.05) is 12.4 Å². The zero-order valence-corrected chi connectivity index (χ0v) is 12.0. The maximum atomic E-state index is 11.4. The predicted molar refractivity (Wildman–Crippen MR) is 76.9 cm³/mol. The number of carboxylic acid groups (broad SMARTS) is 2. The van der Waals surface area contributed by atoms with Crippen molar-refractivity contribution in [3.8, 4) is 11.5 Å². The smallest absolute Gasteiger partial charge is 0.334 e. The van der Waals surface area contributed by atoms with E-state index in [0.29, 0.717) is 17.1 Å². The van der Waals surface area contributed by atoms with Crippen molar-refractivity contribution in [3.63, 3.8) is 0 Å². The van der Waals surface area contributed by atoms with Crippen molar-refractivity contribution < 1.29 is 29.3 Å². The van der Waals surface area contributed by atoms with Gasteiger partial charge in [0.2, 0.25) is 0 Å². The van der Waals surface area contributed by atoms with Gasteiger partial charge in [0.1, 0.15) is 0 Å². The number of carbonyl (C=O) groups is 2. The van der Waals surface area contributed by atoms with Gasteiger partial charge in [0.25, 0.3) is 0 Å². The quantitative estimate of drug-likeness (QED) is 0.753. The highest BCUT2D eigenvalue weighted by molar-refractivity contribution is 5.97. The Balaban J connectivity index is 2.56. The van der Waals surface area contributed by atoms with E-state index in [9.17, 15) is 19.8 Å². The van der Waals surface area contributed by atoms with E-state index in [4.69, 9.17) is 9.47 Å². The number of ether oxygens (including phenoxy) is 2. The zero-order chi connectivity index (χ0) is 16.3. The van der Waals surface area contributed by atoms with Crippen molar-refractivity contribution in [1.82, 2.24) is 5.32 Å². The third-order valence-corrected chi connectivity index (χ3v) is 3.33. The third-order valence-electron chi connectivity index (χ3n) is 3.33. The summed E-state index contributed by atoms with van der Waals surface area (Å²) in [4.78, 5) is 22.8. The summed E-state index contributed by atoms with van der Waals surface area (Å²) in [6.45, 7) is 0. The van der Waals surface area contributed by atoms with Gasteiger partial charge < -0.3 is 25.0 Å². The molecule has 7 nitrogen and oxygen atoms in total. The summed E-state index contributed by atoms with van der Waals surface area (Å²) < 4.78 is 10.3. The lowest BCUT2D eigenvalue weighted by atomic mass is 9.83. The molecular weight excluding hydrogens is 290 g/mol. The highest BCUT2D eigenvalue weighted by Crippen LogP contribution is 2.38. The van der Waals surface area contributed by atoms with Gasteiger partial charge in [0.15, 0.2) is 11.5 Å². The molecule has 2 rings (SSSR count). The fraction of sp³-hybridized carbons (Fsp3) is 0.200. The van der Waals surface area contributed by atoms with Gasteiger partial charge in [-0.2, -0.15) is 0 Å². The molecule has 116 valence electrons. The highest BCUT2D eigenvalue weighted by atomic mass is 16.5. The molecule has 1 aromatic rings. The monoisotopic (exact) mass is 305 g/mol. The van der Waals surface area contributed by atoms with Crippen LogP contribution in [0.25, 0.3) is 0 Å². The standard InChI is InChI=1S/C15H15NO6/c1-21-11-4-3-8(5-12(11)22-2)13-9(14(17)18)6-16-7-10(13)15(19)20/h3-7,13,16H,1-2H3,(H,17,18)(H,19,20). The summed E-state index contributed by atoms with van der Waals surface area (Å²) in [5, 5.41) is 21.2. The number of rotatable bonds is 5. The summed E-state index contributed by atoms with van der Waals surface area (Å²) in [7, 11) is 2.93. The summed E-state index contributed by atoms with van der Waals surface area (Å²) in [6, 6.07) is 4.79. The lowest BCUT2D eigenvalue weighted by Gasteiger charge is -2.23. The maximum absolute atomic E-state index is 11.4. The molecule has 0 bridgehead atoms. The van der Waals surface area contributed by atoms with E-state index in [0.717, 1.165) is 0 Å². The lowest BCUT2D eigenvalue weighted by Crippen LogP contribution is -2.24. The molecule has 1 aromatic carbocycles. The fourth-order valence-corrected chi connectivity index (χ4v) is 2.32. The van der Waals surface area contributed by atoms with Crippen LogP contribution in [0.2, 0.25) is 0 Å². The van der Waals surface area contributed by atoms with Crippen LogP contribution in [0.1, 0.15) is 11.5 Å². The Labute approximate surface area is 126 Å². The first-order valence-electron chi connectivity index (χ1n) is 6.34. The van der Waals surface area contributed by atoms with Crippen LogP contribution in [-0.4, -0.2) is 36.4 Å². The molecule has 22 heavy (non-hydrogen) atoms. The molecule has 0 saturated heterocycles. The molecular formula is C15H15NO6. The van der Waals surface area contributed by atoms with E-state index >= 15 is 0 Å². The molecule has 0 aliphatic carbocycles. The van der Waals surface area contributed by atoms with Crippen LogP contribution in [0.15, 0.2) is 41.7 Å². The number of aliphatic carboxylic acids is 2. The summed E-state index contributed by atoms with van der Waals surface area (Å²) in [6.07, 6.45) is 2.55. The molecule has 0 aromatic heterocycles. The second kappa shape index (κ2) is 6.21. The van der Waals surface area contributed by atoms with Crippen molar-refractivity contribution in [2.24, 2.45) is 0 Å². The van der Waals surface area contributed by atoms with Gasteiger partial charge in [0.05, 0.1) is 31.3 Å². The van der Waals surface area contributed by atoms with E-state index in [1.54, 1.807) is 18.2 Å². The number of hydrogen-bond acceptors (Lipinski definition) is 5. The van der Waals surface area contributed by atoms with Gasteiger partial charge in [-0.15, -0.1) is 0 Å². The maximum Gasteiger partial charge on any atom is 0.334 e. The van der Waals surface area contributed by atoms with Crippen molar-refractivity contribution in [2.45, 2.75) is 5.92 Å². The zero-order valence-electron chi connectivity index (χ0n) is 12.0. The third kappa shape index (κ3) is 2.73. The topological polar surface area (TPSA) is 105 Å². The Hall–Kier alpha value is -2.96. The molecule has 0 atom stereocenters. The van der Waals surface area contributed by atoms with Gasteiger partial charge in [-0.1, -0.05) is 6.07 Å². The number of hydrogen-bond donors (Lipinski definition) is 3. The Morgan fingerprint density at radius 3 is 2.00 bits per heavy atom. The lowest BCUT2D eigenvalue weighted by molar-refractivity contribution is -0.133. The molecule has 1 heterocycles. The Morgan fingerprint density at radius 2 is 1.55 bits per heavy atom. The minimum absolute atomic E-state index is 0.0629. The van der Waals surface area contributed by atoms with Crippen LogP contribution in [-0.2, 0) is 9.59 Å². The Morgan fingerprint density at radius 1 is 1.00 bits per heavy atom. The molecule has 0 fully saturated rings. The van der Waals surface area contributed by atoms with E-state index in [1.807, 2.05) is 0 Å².